The first-order valence-electron chi connectivity index (χ1n) is 13.3. The van der Waals surface area contributed by atoms with Gasteiger partial charge in [-0.25, -0.2) is 28.5 Å². The van der Waals surface area contributed by atoms with Crippen molar-refractivity contribution in [3.05, 3.63) is 51.9 Å². The molecule has 2 saturated heterocycles. The molecule has 1 aromatic carbocycles. The summed E-state index contributed by atoms with van der Waals surface area (Å²) < 4.78 is 27.3. The summed E-state index contributed by atoms with van der Waals surface area (Å²) in [4.78, 5) is 29.5. The molecular formula is C28H30ClF2N7O2. The van der Waals surface area contributed by atoms with Crippen LogP contribution in [0.5, 0.6) is 0 Å². The number of aromatic carboxylic acids is 1. The molecule has 12 heteroatoms. The maximum atomic E-state index is 13.6. The van der Waals surface area contributed by atoms with Gasteiger partial charge in [0.1, 0.15) is 11.2 Å². The predicted molar refractivity (Wildman–Crippen MR) is 148 cm³/mol. The molecule has 2 aliphatic heterocycles. The molecule has 0 aliphatic carbocycles. The monoisotopic (exact) mass is 569 g/mol. The molecule has 0 saturated carbocycles. The molecule has 9 nitrogen and oxygen atoms in total. The molecular weight excluding hydrogens is 540 g/mol. The van der Waals surface area contributed by atoms with Crippen molar-refractivity contribution in [2.45, 2.75) is 57.5 Å². The van der Waals surface area contributed by atoms with Gasteiger partial charge in [-0.2, -0.15) is 5.26 Å². The smallest absolute Gasteiger partial charge is 0.356 e. The van der Waals surface area contributed by atoms with Crippen molar-refractivity contribution >= 4 is 40.1 Å². The van der Waals surface area contributed by atoms with Crippen LogP contribution in [0.2, 0.25) is 5.15 Å². The summed E-state index contributed by atoms with van der Waals surface area (Å²) >= 11 is 5.91. The number of hydrogen-bond donors (Lipinski definition) is 2. The van der Waals surface area contributed by atoms with Crippen LogP contribution in [-0.4, -0.2) is 69.1 Å². The van der Waals surface area contributed by atoms with Crippen LogP contribution < -0.4 is 10.2 Å². The van der Waals surface area contributed by atoms with Gasteiger partial charge in [-0.1, -0.05) is 17.7 Å². The van der Waals surface area contributed by atoms with Crippen molar-refractivity contribution in [3.63, 3.8) is 0 Å². The van der Waals surface area contributed by atoms with Gasteiger partial charge in [0.05, 0.1) is 22.8 Å². The van der Waals surface area contributed by atoms with Gasteiger partial charge in [0.25, 0.3) is 5.92 Å². The van der Waals surface area contributed by atoms with Crippen LogP contribution in [0.25, 0.3) is 11.0 Å². The number of piperidine rings is 2. The number of benzene rings is 1. The number of aromatic nitrogens is 3. The van der Waals surface area contributed by atoms with Crippen molar-refractivity contribution in [3.8, 4) is 6.07 Å². The molecule has 0 bridgehead atoms. The molecule has 0 unspecified atom stereocenters. The van der Waals surface area contributed by atoms with E-state index in [4.69, 9.17) is 16.6 Å². The number of likely N-dealkylation sites (tertiary alicyclic amines) is 1. The quantitative estimate of drug-likeness (QED) is 0.375. The molecule has 0 spiro atoms. The fourth-order valence-corrected chi connectivity index (χ4v) is 5.78. The molecule has 0 radical (unpaired) electrons. The summed E-state index contributed by atoms with van der Waals surface area (Å²) in [5.41, 5.74) is 3.26. The number of carbonyl (C=O) groups is 1. The third kappa shape index (κ3) is 5.78. The maximum Gasteiger partial charge on any atom is 0.356 e. The van der Waals surface area contributed by atoms with Gasteiger partial charge < -0.3 is 15.3 Å². The zero-order valence-electron chi connectivity index (χ0n) is 22.3. The largest absolute Gasteiger partial charge is 0.476 e. The van der Waals surface area contributed by atoms with Crippen LogP contribution in [0.3, 0.4) is 0 Å². The number of nitriles is 1. The third-order valence-electron chi connectivity index (χ3n) is 7.74. The molecule has 5 rings (SSSR count). The second-order valence-corrected chi connectivity index (χ2v) is 10.9. The van der Waals surface area contributed by atoms with Gasteiger partial charge in [0.15, 0.2) is 17.2 Å². The molecule has 2 aromatic heterocycles. The fourth-order valence-electron chi connectivity index (χ4n) is 5.63. The summed E-state index contributed by atoms with van der Waals surface area (Å²) in [6.45, 7) is 5.89. The zero-order valence-corrected chi connectivity index (χ0v) is 23.0. The van der Waals surface area contributed by atoms with E-state index in [1.807, 2.05) is 30.9 Å². The van der Waals surface area contributed by atoms with Gasteiger partial charge in [-0.15, -0.1) is 0 Å². The highest BCUT2D eigenvalue weighted by Crippen LogP contribution is 2.33. The second-order valence-electron chi connectivity index (χ2n) is 10.5. The fraction of sp³-hybridized carbons (Fsp3) is 0.464. The molecule has 4 heterocycles. The van der Waals surface area contributed by atoms with Crippen LogP contribution in [-0.2, 0) is 0 Å². The molecule has 3 aromatic rings. The number of hydrogen-bond acceptors (Lipinski definition) is 8. The lowest BCUT2D eigenvalue weighted by Crippen LogP contribution is -2.49. The number of carboxylic acid groups (broad SMARTS) is 1. The summed E-state index contributed by atoms with van der Waals surface area (Å²) in [5.74, 6) is -3.27. The minimum atomic E-state index is -2.57. The van der Waals surface area contributed by atoms with Crippen LogP contribution in [0.4, 0.5) is 20.3 Å². The van der Waals surface area contributed by atoms with Crippen LogP contribution >= 0.6 is 11.6 Å². The Morgan fingerprint density at radius 3 is 2.52 bits per heavy atom. The summed E-state index contributed by atoms with van der Waals surface area (Å²) in [6, 6.07) is 8.98. The minimum absolute atomic E-state index is 0.0816. The highest BCUT2D eigenvalue weighted by molar-refractivity contribution is 6.29. The number of aryl methyl sites for hydroxylation is 1. The van der Waals surface area contributed by atoms with Gasteiger partial charge in [0, 0.05) is 50.6 Å². The number of nitrogens with zero attached hydrogens (tertiary/aromatic N) is 6. The van der Waals surface area contributed by atoms with E-state index < -0.39 is 11.9 Å². The third-order valence-corrected chi connectivity index (χ3v) is 7.95. The van der Waals surface area contributed by atoms with E-state index in [1.54, 1.807) is 6.07 Å². The summed E-state index contributed by atoms with van der Waals surface area (Å²) in [5, 5.41) is 22.8. The maximum absolute atomic E-state index is 13.6. The van der Waals surface area contributed by atoms with Gasteiger partial charge in [0.2, 0.25) is 0 Å². The Morgan fingerprint density at radius 2 is 1.88 bits per heavy atom. The molecule has 0 amide bonds. The molecule has 2 fully saturated rings. The van der Waals surface area contributed by atoms with E-state index >= 15 is 0 Å². The normalized spacial score (nSPS) is 18.9. The number of rotatable bonds is 6. The first-order chi connectivity index (χ1) is 19.0. The number of halogens is 3. The Balaban J connectivity index is 1.42. The standard InChI is InChI=1S/C28H30ClF2N7O2/c1-16-13-19(17(2)33-20-3-4-23(29)35-25(20)27(39)40)24-21(14-16)34-22(15-32)26(36-24)38-9-5-18(6-10-38)37-11-7-28(30,31)8-12-37/h3-4,13-14,17-18,33H,5-12H2,1-2H3,(H,39,40)/t17-/m1/s1. The number of anilines is 2. The molecule has 2 N–H and O–H groups in total. The molecule has 210 valence electrons. The van der Waals surface area contributed by atoms with E-state index in [9.17, 15) is 23.9 Å². The molecule has 2 aliphatic rings. The first-order valence-corrected chi connectivity index (χ1v) is 13.7. The summed E-state index contributed by atoms with van der Waals surface area (Å²) in [7, 11) is 0. The number of alkyl halides is 2. The average Bonchev–Trinajstić information content (AvgIpc) is 2.92. The lowest BCUT2D eigenvalue weighted by Gasteiger charge is -2.42. The van der Waals surface area contributed by atoms with E-state index in [1.165, 1.54) is 6.07 Å². The number of nitrogens with one attached hydrogen (secondary N) is 1. The minimum Gasteiger partial charge on any atom is -0.476 e. The van der Waals surface area contributed by atoms with Crippen LogP contribution in [0.15, 0.2) is 24.3 Å². The highest BCUT2D eigenvalue weighted by Gasteiger charge is 2.37. The molecule has 40 heavy (non-hydrogen) atoms. The number of carboxylic acids is 1. The van der Waals surface area contributed by atoms with Gasteiger partial charge >= 0.3 is 5.97 Å². The van der Waals surface area contributed by atoms with Crippen molar-refractivity contribution in [2.75, 3.05) is 36.4 Å². The Labute approximate surface area is 235 Å². The Morgan fingerprint density at radius 1 is 1.18 bits per heavy atom. The first kappa shape index (κ1) is 27.9. The van der Waals surface area contributed by atoms with Crippen molar-refractivity contribution < 1.29 is 18.7 Å². The Bertz CT molecular complexity index is 1480. The SMILES string of the molecule is Cc1cc([C@@H](C)Nc2ccc(Cl)nc2C(=O)O)c2nc(N3CCC(N4CCC(F)(F)CC4)CC3)c(C#N)nc2c1. The highest BCUT2D eigenvalue weighted by atomic mass is 35.5. The zero-order chi connectivity index (χ0) is 28.6. The van der Waals surface area contributed by atoms with Gasteiger partial charge in [-0.3, -0.25) is 4.90 Å². The predicted octanol–water partition coefficient (Wildman–Crippen LogP) is 5.43. The lowest BCUT2D eigenvalue weighted by atomic mass is 9.98. The van der Waals surface area contributed by atoms with Crippen molar-refractivity contribution in [2.24, 2.45) is 0 Å². The van der Waals surface area contributed by atoms with E-state index in [2.05, 4.69) is 26.3 Å². The Hall–Kier alpha value is -3.62. The topological polar surface area (TPSA) is 118 Å². The number of fused-ring (bicyclic) bond motifs is 1. The lowest BCUT2D eigenvalue weighted by molar-refractivity contribution is -0.0646. The van der Waals surface area contributed by atoms with Gasteiger partial charge in [-0.05, 0) is 50.5 Å². The van der Waals surface area contributed by atoms with Crippen molar-refractivity contribution in [1.82, 2.24) is 19.9 Å². The number of pyridine rings is 1. The van der Waals surface area contributed by atoms with Crippen LogP contribution in [0.1, 0.15) is 66.0 Å². The Kier molecular flexibility index (Phi) is 7.75. The van der Waals surface area contributed by atoms with Crippen LogP contribution in [0, 0.1) is 18.3 Å². The average molecular weight is 570 g/mol. The van der Waals surface area contributed by atoms with E-state index in [0.717, 1.165) is 24.0 Å². The molecule has 1 atom stereocenters. The summed E-state index contributed by atoms with van der Waals surface area (Å²) in [6.07, 6.45) is 1.37. The van der Waals surface area contributed by atoms with E-state index in [-0.39, 0.29) is 41.5 Å². The van der Waals surface area contributed by atoms with Crippen molar-refractivity contribution in [1.29, 1.82) is 5.26 Å². The van der Waals surface area contributed by atoms with E-state index in [0.29, 0.717) is 48.7 Å². The second kappa shape index (κ2) is 11.1.